The van der Waals surface area contributed by atoms with Gasteiger partial charge in [-0.25, -0.2) is 4.98 Å². The summed E-state index contributed by atoms with van der Waals surface area (Å²) in [7, 11) is 0. The average molecular weight is 406 g/mol. The van der Waals surface area contributed by atoms with Gasteiger partial charge in [0.05, 0.1) is 11.8 Å². The second-order valence-electron chi connectivity index (χ2n) is 7.66. The van der Waals surface area contributed by atoms with E-state index in [2.05, 4.69) is 15.3 Å². The van der Waals surface area contributed by atoms with Gasteiger partial charge in [-0.1, -0.05) is 13.8 Å². The van der Waals surface area contributed by atoms with Crippen molar-refractivity contribution in [2.45, 2.75) is 65.3 Å². The van der Waals surface area contributed by atoms with Gasteiger partial charge in [-0.2, -0.15) is 0 Å². The number of aryl methyl sites for hydroxylation is 3. The highest BCUT2D eigenvalue weighted by Crippen LogP contribution is 2.33. The first-order chi connectivity index (χ1) is 13.3. The molecule has 7 nitrogen and oxygen atoms in total. The summed E-state index contributed by atoms with van der Waals surface area (Å²) in [6, 6.07) is 0.0174. The van der Waals surface area contributed by atoms with Crippen LogP contribution in [-0.4, -0.2) is 34.5 Å². The first-order valence-electron chi connectivity index (χ1n) is 9.83. The number of aromatic amines is 1. The van der Waals surface area contributed by atoms with E-state index in [1.165, 1.54) is 4.88 Å². The lowest BCUT2D eigenvalue weighted by Crippen LogP contribution is -2.38. The number of hydrogen-bond acceptors (Lipinski definition) is 6. The number of fused-ring (bicyclic) bond motifs is 3. The number of H-pyrrole nitrogens is 1. The molecule has 0 spiro atoms. The van der Waals surface area contributed by atoms with Crippen LogP contribution in [-0.2, 0) is 33.6 Å². The molecule has 0 unspecified atom stereocenters. The number of hydrogen-bond donors (Lipinski definition) is 2. The Morgan fingerprint density at radius 2 is 2.00 bits per heavy atom. The van der Waals surface area contributed by atoms with Crippen LogP contribution < -0.4 is 10.9 Å². The molecule has 152 valence electrons. The number of carbonyl (C=O) groups excluding carboxylic acids is 2. The summed E-state index contributed by atoms with van der Waals surface area (Å²) >= 11 is 1.58. The molecular formula is C20H27N3O4S. The van der Waals surface area contributed by atoms with Crippen LogP contribution in [0.3, 0.4) is 0 Å². The fraction of sp³-hybridized carbons (Fsp3) is 0.600. The number of aromatic nitrogens is 2. The minimum Gasteiger partial charge on any atom is -0.456 e. The molecule has 3 rings (SSSR count). The Bertz CT molecular complexity index is 931. The van der Waals surface area contributed by atoms with Crippen LogP contribution in [0, 0.1) is 5.92 Å². The fourth-order valence-electron chi connectivity index (χ4n) is 3.23. The molecule has 0 fully saturated rings. The van der Waals surface area contributed by atoms with Gasteiger partial charge in [0.2, 0.25) is 0 Å². The molecule has 0 saturated heterocycles. The number of nitrogens with zero attached hydrogens (tertiary/aromatic N) is 1. The van der Waals surface area contributed by atoms with Gasteiger partial charge in [-0.05, 0) is 44.1 Å². The molecule has 1 aliphatic carbocycles. The lowest BCUT2D eigenvalue weighted by Gasteiger charge is -2.17. The number of ether oxygens (including phenoxy) is 1. The van der Waals surface area contributed by atoms with E-state index < -0.39 is 5.97 Å². The normalized spacial score (nSPS) is 14.7. The lowest BCUT2D eigenvalue weighted by atomic mass is 9.97. The van der Waals surface area contributed by atoms with Crippen LogP contribution in [0.25, 0.3) is 10.2 Å². The Kier molecular flexibility index (Phi) is 6.49. The molecule has 8 heteroatoms. The average Bonchev–Trinajstić information content (AvgIpc) is 3.03. The summed E-state index contributed by atoms with van der Waals surface area (Å²) in [6.45, 7) is 5.62. The third kappa shape index (κ3) is 4.79. The minimum atomic E-state index is -0.486. The van der Waals surface area contributed by atoms with Crippen molar-refractivity contribution in [3.63, 3.8) is 0 Å². The second kappa shape index (κ2) is 8.86. The Hall–Kier alpha value is -2.22. The van der Waals surface area contributed by atoms with Gasteiger partial charge in [0.15, 0.2) is 6.61 Å². The predicted molar refractivity (Wildman–Crippen MR) is 109 cm³/mol. The third-order valence-corrected chi connectivity index (χ3v) is 6.38. The smallest absolute Gasteiger partial charge is 0.306 e. The standard InChI is InChI=1S/C20H27N3O4S/c1-11(2)12(3)21-16(24)10-27-17(25)9-8-15-22-19(26)18-13-6-4-5-7-14(13)28-20(18)23-15/h11-12H,4-10H2,1-3H3,(H,21,24)(H,22,23,26)/t12-/m0/s1. The summed E-state index contributed by atoms with van der Waals surface area (Å²) in [5.74, 6) is -0.0152. The van der Waals surface area contributed by atoms with Crippen LogP contribution in [0.1, 0.15) is 56.3 Å². The first kappa shape index (κ1) is 20.5. The summed E-state index contributed by atoms with van der Waals surface area (Å²) in [5.41, 5.74) is 1.02. The largest absolute Gasteiger partial charge is 0.456 e. The van der Waals surface area contributed by atoms with E-state index in [1.807, 2.05) is 20.8 Å². The van der Waals surface area contributed by atoms with Crippen molar-refractivity contribution >= 4 is 33.4 Å². The summed E-state index contributed by atoms with van der Waals surface area (Å²) in [5, 5.41) is 3.50. The Morgan fingerprint density at radius 1 is 1.25 bits per heavy atom. The molecule has 2 aromatic rings. The van der Waals surface area contributed by atoms with Crippen molar-refractivity contribution in [3.05, 3.63) is 26.6 Å². The number of carbonyl (C=O) groups is 2. The van der Waals surface area contributed by atoms with E-state index >= 15 is 0 Å². The van der Waals surface area contributed by atoms with Crippen LogP contribution in [0.4, 0.5) is 0 Å². The molecule has 2 N–H and O–H groups in total. The molecule has 0 saturated carbocycles. The number of nitrogens with one attached hydrogen (secondary N) is 2. The van der Waals surface area contributed by atoms with E-state index in [1.54, 1.807) is 11.3 Å². The van der Waals surface area contributed by atoms with Gasteiger partial charge < -0.3 is 15.0 Å². The molecule has 2 heterocycles. The fourth-order valence-corrected chi connectivity index (χ4v) is 4.51. The molecule has 0 radical (unpaired) electrons. The van der Waals surface area contributed by atoms with Crippen molar-refractivity contribution in [2.75, 3.05) is 6.61 Å². The van der Waals surface area contributed by atoms with Crippen LogP contribution in [0.5, 0.6) is 0 Å². The van der Waals surface area contributed by atoms with Gasteiger partial charge in [0.25, 0.3) is 11.5 Å². The van der Waals surface area contributed by atoms with Crippen molar-refractivity contribution in [1.29, 1.82) is 0 Å². The Morgan fingerprint density at radius 3 is 2.75 bits per heavy atom. The summed E-state index contributed by atoms with van der Waals surface area (Å²) in [6.07, 6.45) is 4.54. The maximum atomic E-state index is 12.5. The maximum absolute atomic E-state index is 12.5. The maximum Gasteiger partial charge on any atom is 0.306 e. The van der Waals surface area contributed by atoms with E-state index in [4.69, 9.17) is 4.74 Å². The highest BCUT2D eigenvalue weighted by molar-refractivity contribution is 7.18. The zero-order chi connectivity index (χ0) is 20.3. The summed E-state index contributed by atoms with van der Waals surface area (Å²) < 4.78 is 5.02. The second-order valence-corrected chi connectivity index (χ2v) is 8.75. The number of rotatable bonds is 7. The van der Waals surface area contributed by atoms with Gasteiger partial charge in [-0.15, -0.1) is 11.3 Å². The van der Waals surface area contributed by atoms with E-state index in [-0.39, 0.29) is 37.0 Å². The van der Waals surface area contributed by atoms with Gasteiger partial charge in [0, 0.05) is 17.3 Å². The van der Waals surface area contributed by atoms with E-state index in [0.29, 0.717) is 17.1 Å². The molecule has 0 bridgehead atoms. The topological polar surface area (TPSA) is 101 Å². The molecule has 28 heavy (non-hydrogen) atoms. The SMILES string of the molecule is CC(C)[C@H](C)NC(=O)COC(=O)CCc1nc2sc3c(c2c(=O)[nH]1)CCCC3. The number of esters is 1. The van der Waals surface area contributed by atoms with Gasteiger partial charge >= 0.3 is 5.97 Å². The zero-order valence-corrected chi connectivity index (χ0v) is 17.4. The Labute approximate surface area is 167 Å². The molecule has 1 atom stereocenters. The predicted octanol–water partition coefficient (Wildman–Crippen LogP) is 2.50. The monoisotopic (exact) mass is 405 g/mol. The Balaban J connectivity index is 1.56. The number of amides is 1. The van der Waals surface area contributed by atoms with Crippen molar-refractivity contribution in [3.8, 4) is 0 Å². The van der Waals surface area contributed by atoms with Crippen LogP contribution >= 0.6 is 11.3 Å². The lowest BCUT2D eigenvalue weighted by molar-refractivity contribution is -0.148. The van der Waals surface area contributed by atoms with Crippen molar-refractivity contribution in [2.24, 2.45) is 5.92 Å². The highest BCUT2D eigenvalue weighted by Gasteiger charge is 2.20. The number of thiophene rings is 1. The first-order valence-corrected chi connectivity index (χ1v) is 10.6. The zero-order valence-electron chi connectivity index (χ0n) is 16.6. The highest BCUT2D eigenvalue weighted by atomic mass is 32.1. The van der Waals surface area contributed by atoms with E-state index in [9.17, 15) is 14.4 Å². The van der Waals surface area contributed by atoms with Crippen LogP contribution in [0.2, 0.25) is 0 Å². The van der Waals surface area contributed by atoms with Crippen LogP contribution in [0.15, 0.2) is 4.79 Å². The molecule has 0 aromatic carbocycles. The molecule has 1 amide bonds. The van der Waals surface area contributed by atoms with Gasteiger partial charge in [0.1, 0.15) is 10.7 Å². The molecule has 1 aliphatic rings. The van der Waals surface area contributed by atoms with Crippen molar-refractivity contribution in [1.82, 2.24) is 15.3 Å². The molecular weight excluding hydrogens is 378 g/mol. The molecule has 2 aromatic heterocycles. The summed E-state index contributed by atoms with van der Waals surface area (Å²) in [4.78, 5) is 45.6. The van der Waals surface area contributed by atoms with Crippen molar-refractivity contribution < 1.29 is 14.3 Å². The van der Waals surface area contributed by atoms with Gasteiger partial charge in [-0.3, -0.25) is 14.4 Å². The minimum absolute atomic E-state index is 0.0174. The molecule has 0 aliphatic heterocycles. The van der Waals surface area contributed by atoms with E-state index in [0.717, 1.165) is 36.1 Å². The third-order valence-electron chi connectivity index (χ3n) is 5.19. The quantitative estimate of drug-likeness (QED) is 0.689.